The molecule has 0 spiro atoms. The van der Waals surface area contributed by atoms with Crippen molar-refractivity contribution in [3.05, 3.63) is 17.2 Å². The zero-order chi connectivity index (χ0) is 10.3. The van der Waals surface area contributed by atoms with Gasteiger partial charge in [0.25, 0.3) is 0 Å². The lowest BCUT2D eigenvalue weighted by Gasteiger charge is -2.11. The highest BCUT2D eigenvalue weighted by Gasteiger charge is 2.26. The summed E-state index contributed by atoms with van der Waals surface area (Å²) in [7, 11) is 1.54. The third-order valence-corrected chi connectivity index (χ3v) is 2.72. The van der Waals surface area contributed by atoms with E-state index in [1.807, 2.05) is 6.92 Å². The molecule has 0 radical (unpaired) electrons. The summed E-state index contributed by atoms with van der Waals surface area (Å²) in [6.07, 6.45) is 0. The first-order valence-electron chi connectivity index (χ1n) is 4.68. The summed E-state index contributed by atoms with van der Waals surface area (Å²) < 4.78 is 10.6. The quantitative estimate of drug-likeness (QED) is 0.744. The van der Waals surface area contributed by atoms with Crippen LogP contribution in [0.2, 0.25) is 0 Å². The molecular formula is C11H14O3. The lowest BCUT2D eigenvalue weighted by atomic mass is 9.97. The van der Waals surface area contributed by atoms with Crippen molar-refractivity contribution in [3.8, 4) is 17.2 Å². The number of benzene rings is 1. The molecule has 0 saturated carbocycles. The Balaban J connectivity index is 2.63. The maximum Gasteiger partial charge on any atom is 0.164 e. The fraction of sp³-hybridized carbons (Fsp3) is 0.455. The monoisotopic (exact) mass is 194 g/mol. The van der Waals surface area contributed by atoms with Gasteiger partial charge in [-0.15, -0.1) is 0 Å². The van der Waals surface area contributed by atoms with Gasteiger partial charge in [-0.3, -0.25) is 0 Å². The molecule has 76 valence electrons. The molecule has 1 aromatic carbocycles. The molecule has 1 aliphatic rings. The Morgan fingerprint density at radius 2 is 2.29 bits per heavy atom. The number of ether oxygens (including phenoxy) is 2. The van der Waals surface area contributed by atoms with E-state index in [0.717, 1.165) is 16.9 Å². The molecular weight excluding hydrogens is 180 g/mol. The highest BCUT2D eigenvalue weighted by Crippen LogP contribution is 2.44. The second-order valence-electron chi connectivity index (χ2n) is 3.68. The van der Waals surface area contributed by atoms with Crippen molar-refractivity contribution < 1.29 is 14.6 Å². The van der Waals surface area contributed by atoms with E-state index in [4.69, 9.17) is 9.47 Å². The molecule has 1 N–H and O–H groups in total. The average Bonchev–Trinajstić information content (AvgIpc) is 2.54. The summed E-state index contributed by atoms with van der Waals surface area (Å²) in [6, 6.07) is 1.75. The van der Waals surface area contributed by atoms with Gasteiger partial charge in [-0.1, -0.05) is 6.92 Å². The van der Waals surface area contributed by atoms with Crippen LogP contribution in [-0.2, 0) is 0 Å². The summed E-state index contributed by atoms with van der Waals surface area (Å²) in [5.74, 6) is 1.89. The first-order valence-corrected chi connectivity index (χ1v) is 4.68. The fourth-order valence-corrected chi connectivity index (χ4v) is 1.95. The van der Waals surface area contributed by atoms with E-state index in [1.165, 1.54) is 0 Å². The van der Waals surface area contributed by atoms with Crippen molar-refractivity contribution in [3.63, 3.8) is 0 Å². The molecule has 0 bridgehead atoms. The highest BCUT2D eigenvalue weighted by molar-refractivity contribution is 5.58. The number of phenols is 1. The summed E-state index contributed by atoms with van der Waals surface area (Å²) in [4.78, 5) is 0. The molecule has 0 unspecified atom stereocenters. The Kier molecular flexibility index (Phi) is 2.02. The molecule has 3 nitrogen and oxygen atoms in total. The van der Waals surface area contributed by atoms with E-state index in [1.54, 1.807) is 13.2 Å². The van der Waals surface area contributed by atoms with E-state index in [2.05, 4.69) is 6.92 Å². The second kappa shape index (κ2) is 3.08. The van der Waals surface area contributed by atoms with E-state index < -0.39 is 0 Å². The molecule has 0 aromatic heterocycles. The summed E-state index contributed by atoms with van der Waals surface area (Å²) in [6.45, 7) is 4.66. The largest absolute Gasteiger partial charge is 0.504 e. The smallest absolute Gasteiger partial charge is 0.164 e. The van der Waals surface area contributed by atoms with Gasteiger partial charge in [0, 0.05) is 23.1 Å². The van der Waals surface area contributed by atoms with Gasteiger partial charge in [0.2, 0.25) is 0 Å². The first-order chi connectivity index (χ1) is 6.65. The van der Waals surface area contributed by atoms with Gasteiger partial charge in [-0.05, 0) is 6.92 Å². The SMILES string of the molecule is COc1cc2c(c(C)c1O)[C@@H](C)CO2. The number of rotatable bonds is 1. The van der Waals surface area contributed by atoms with Crippen LogP contribution in [0.25, 0.3) is 0 Å². The molecule has 0 aliphatic carbocycles. The van der Waals surface area contributed by atoms with Crippen LogP contribution in [0, 0.1) is 6.92 Å². The minimum absolute atomic E-state index is 0.226. The predicted octanol–water partition coefficient (Wildman–Crippen LogP) is 2.21. The molecule has 1 aliphatic heterocycles. The Morgan fingerprint density at radius 3 is 2.93 bits per heavy atom. The van der Waals surface area contributed by atoms with Crippen molar-refractivity contribution in [2.75, 3.05) is 13.7 Å². The van der Waals surface area contributed by atoms with Crippen molar-refractivity contribution in [1.82, 2.24) is 0 Å². The van der Waals surface area contributed by atoms with Crippen LogP contribution in [0.5, 0.6) is 17.2 Å². The molecule has 0 amide bonds. The number of phenolic OH excluding ortho intramolecular Hbond substituents is 1. The van der Waals surface area contributed by atoms with Crippen LogP contribution in [0.1, 0.15) is 24.0 Å². The van der Waals surface area contributed by atoms with E-state index >= 15 is 0 Å². The number of methoxy groups -OCH3 is 1. The van der Waals surface area contributed by atoms with Gasteiger partial charge < -0.3 is 14.6 Å². The lowest BCUT2D eigenvalue weighted by Crippen LogP contribution is -1.95. The molecule has 0 saturated heterocycles. The summed E-state index contributed by atoms with van der Waals surface area (Å²) in [5.41, 5.74) is 1.97. The lowest BCUT2D eigenvalue weighted by molar-refractivity contribution is 0.333. The van der Waals surface area contributed by atoms with Gasteiger partial charge in [0.1, 0.15) is 5.75 Å². The van der Waals surface area contributed by atoms with Crippen LogP contribution >= 0.6 is 0 Å². The van der Waals surface area contributed by atoms with Gasteiger partial charge in [0.05, 0.1) is 13.7 Å². The number of hydrogen-bond acceptors (Lipinski definition) is 3. The number of fused-ring (bicyclic) bond motifs is 1. The second-order valence-corrected chi connectivity index (χ2v) is 3.68. The predicted molar refractivity (Wildman–Crippen MR) is 53.3 cm³/mol. The standard InChI is InChI=1S/C11H14O3/c1-6-5-14-8-4-9(13-3)11(12)7(2)10(6)8/h4,6,12H,5H2,1-3H3/t6-/m0/s1. The minimum Gasteiger partial charge on any atom is -0.504 e. The third kappa shape index (κ3) is 1.12. The van der Waals surface area contributed by atoms with Gasteiger partial charge in [-0.25, -0.2) is 0 Å². The van der Waals surface area contributed by atoms with E-state index in [0.29, 0.717) is 18.3 Å². The van der Waals surface area contributed by atoms with Crippen LogP contribution in [-0.4, -0.2) is 18.8 Å². The average molecular weight is 194 g/mol. The number of hydrogen-bond donors (Lipinski definition) is 1. The Labute approximate surface area is 83.3 Å². The van der Waals surface area contributed by atoms with Crippen molar-refractivity contribution in [2.24, 2.45) is 0 Å². The van der Waals surface area contributed by atoms with Crippen molar-refractivity contribution >= 4 is 0 Å². The summed E-state index contributed by atoms with van der Waals surface area (Å²) >= 11 is 0. The van der Waals surface area contributed by atoms with Crippen LogP contribution in [0.15, 0.2) is 6.07 Å². The number of aromatic hydroxyl groups is 1. The molecule has 0 fully saturated rings. The Morgan fingerprint density at radius 1 is 1.57 bits per heavy atom. The van der Waals surface area contributed by atoms with Crippen LogP contribution in [0.3, 0.4) is 0 Å². The topological polar surface area (TPSA) is 38.7 Å². The maximum atomic E-state index is 9.80. The first kappa shape index (κ1) is 9.19. The van der Waals surface area contributed by atoms with E-state index in [9.17, 15) is 5.11 Å². The zero-order valence-corrected chi connectivity index (χ0v) is 8.63. The van der Waals surface area contributed by atoms with Crippen molar-refractivity contribution in [1.29, 1.82) is 0 Å². The highest BCUT2D eigenvalue weighted by atomic mass is 16.5. The van der Waals surface area contributed by atoms with Crippen LogP contribution < -0.4 is 9.47 Å². The van der Waals surface area contributed by atoms with Gasteiger partial charge in [-0.2, -0.15) is 0 Å². The minimum atomic E-state index is 0.226. The third-order valence-electron chi connectivity index (χ3n) is 2.72. The normalized spacial score (nSPS) is 18.9. The molecule has 3 heteroatoms. The van der Waals surface area contributed by atoms with Gasteiger partial charge in [0.15, 0.2) is 11.5 Å². The zero-order valence-electron chi connectivity index (χ0n) is 8.63. The Hall–Kier alpha value is -1.38. The fourth-order valence-electron chi connectivity index (χ4n) is 1.95. The molecule has 2 rings (SSSR count). The maximum absolute atomic E-state index is 9.80. The van der Waals surface area contributed by atoms with E-state index in [-0.39, 0.29) is 5.75 Å². The van der Waals surface area contributed by atoms with Crippen LogP contribution in [0.4, 0.5) is 0 Å². The molecule has 14 heavy (non-hydrogen) atoms. The molecule has 1 aromatic rings. The van der Waals surface area contributed by atoms with Crippen molar-refractivity contribution in [2.45, 2.75) is 19.8 Å². The molecule has 1 atom stereocenters. The Bertz CT molecular complexity index is 371. The molecule has 1 heterocycles. The summed E-state index contributed by atoms with van der Waals surface area (Å²) in [5, 5.41) is 9.80. The van der Waals surface area contributed by atoms with Gasteiger partial charge >= 0.3 is 0 Å².